The zero-order valence-electron chi connectivity index (χ0n) is 21.0. The Labute approximate surface area is 216 Å². The van der Waals surface area contributed by atoms with Gasteiger partial charge in [0.1, 0.15) is 12.4 Å². The lowest BCUT2D eigenvalue weighted by Crippen LogP contribution is -2.33. The fraction of sp³-hybridized carbons (Fsp3) is 0.345. The number of aromatic nitrogens is 3. The third-order valence-electron chi connectivity index (χ3n) is 6.94. The lowest BCUT2D eigenvalue weighted by Gasteiger charge is -2.31. The van der Waals surface area contributed by atoms with Gasteiger partial charge in [-0.3, -0.25) is 4.90 Å². The highest BCUT2D eigenvalue weighted by molar-refractivity contribution is 5.92. The minimum absolute atomic E-state index is 0.265. The number of carboxylic acids is 1. The van der Waals surface area contributed by atoms with Gasteiger partial charge in [-0.15, -0.1) is 0 Å². The van der Waals surface area contributed by atoms with E-state index in [0.717, 1.165) is 54.0 Å². The number of carboxylic acid groups (broad SMARTS) is 1. The SMILES string of the molecule is COCCn1c(CN2CCC(c3cccc(OCc4ccccc4)n3)CC2)nc2ccc(C(=O)O)cc21. The van der Waals surface area contributed by atoms with Gasteiger partial charge < -0.3 is 19.1 Å². The van der Waals surface area contributed by atoms with Gasteiger partial charge in [-0.25, -0.2) is 14.8 Å². The van der Waals surface area contributed by atoms with Gasteiger partial charge in [0.15, 0.2) is 0 Å². The molecule has 8 nitrogen and oxygen atoms in total. The van der Waals surface area contributed by atoms with Gasteiger partial charge in [0.2, 0.25) is 5.88 Å². The normalized spacial score (nSPS) is 14.7. The molecule has 0 bridgehead atoms. The number of ether oxygens (including phenoxy) is 2. The van der Waals surface area contributed by atoms with Crippen LogP contribution in [0, 0.1) is 0 Å². The molecule has 1 saturated heterocycles. The summed E-state index contributed by atoms with van der Waals surface area (Å²) in [6.45, 7) is 4.26. The first-order valence-corrected chi connectivity index (χ1v) is 12.7. The molecule has 2 aromatic carbocycles. The molecule has 0 amide bonds. The van der Waals surface area contributed by atoms with Crippen molar-refractivity contribution in [1.82, 2.24) is 19.4 Å². The minimum Gasteiger partial charge on any atom is -0.478 e. The lowest BCUT2D eigenvalue weighted by atomic mass is 9.93. The summed E-state index contributed by atoms with van der Waals surface area (Å²) < 4.78 is 13.3. The van der Waals surface area contributed by atoms with Gasteiger partial charge in [-0.1, -0.05) is 36.4 Å². The Morgan fingerprint density at radius 1 is 1.03 bits per heavy atom. The Morgan fingerprint density at radius 3 is 2.59 bits per heavy atom. The molecule has 0 spiro atoms. The van der Waals surface area contributed by atoms with E-state index in [-0.39, 0.29) is 5.56 Å². The van der Waals surface area contributed by atoms with Gasteiger partial charge in [0, 0.05) is 31.3 Å². The van der Waals surface area contributed by atoms with Crippen LogP contribution >= 0.6 is 0 Å². The van der Waals surface area contributed by atoms with E-state index in [9.17, 15) is 9.90 Å². The number of hydrogen-bond acceptors (Lipinski definition) is 6. The van der Waals surface area contributed by atoms with Crippen molar-refractivity contribution >= 4 is 17.0 Å². The number of rotatable bonds is 10. The Morgan fingerprint density at radius 2 is 1.84 bits per heavy atom. The number of piperidine rings is 1. The van der Waals surface area contributed by atoms with Crippen molar-refractivity contribution < 1.29 is 19.4 Å². The molecule has 0 unspecified atom stereocenters. The average Bonchev–Trinajstić information content (AvgIpc) is 3.27. The average molecular weight is 501 g/mol. The number of aromatic carboxylic acids is 1. The molecular formula is C29H32N4O4. The summed E-state index contributed by atoms with van der Waals surface area (Å²) in [5.74, 6) is 1.05. The zero-order chi connectivity index (χ0) is 25.6. The minimum atomic E-state index is -0.937. The maximum Gasteiger partial charge on any atom is 0.335 e. The van der Waals surface area contributed by atoms with E-state index >= 15 is 0 Å². The third kappa shape index (κ3) is 5.98. The van der Waals surface area contributed by atoms with Crippen molar-refractivity contribution in [3.05, 3.63) is 89.4 Å². The number of likely N-dealkylation sites (tertiary alicyclic amines) is 1. The monoisotopic (exact) mass is 500 g/mol. The van der Waals surface area contributed by atoms with Crippen LogP contribution in [0.25, 0.3) is 11.0 Å². The van der Waals surface area contributed by atoms with E-state index in [2.05, 4.69) is 15.5 Å². The standard InChI is InChI=1S/C29H32N4O4/c1-36-17-16-33-26-18-23(29(34)35)10-11-25(26)30-27(33)19-32-14-12-22(13-15-32)24-8-5-9-28(31-24)37-20-21-6-3-2-4-7-21/h2-11,18,22H,12-17,19-20H2,1H3,(H,34,35). The Balaban J connectivity index is 1.23. The highest BCUT2D eigenvalue weighted by atomic mass is 16.5. The fourth-order valence-electron chi connectivity index (χ4n) is 4.92. The van der Waals surface area contributed by atoms with Crippen molar-refractivity contribution in [3.8, 4) is 5.88 Å². The molecule has 1 N–H and O–H groups in total. The summed E-state index contributed by atoms with van der Waals surface area (Å²) in [4.78, 5) is 23.5. The van der Waals surface area contributed by atoms with Gasteiger partial charge in [0.25, 0.3) is 0 Å². The first-order chi connectivity index (χ1) is 18.1. The Bertz CT molecular complexity index is 1350. The molecule has 192 valence electrons. The summed E-state index contributed by atoms with van der Waals surface area (Å²) in [7, 11) is 1.67. The molecule has 1 aliphatic heterocycles. The second-order valence-electron chi connectivity index (χ2n) is 9.41. The Kier molecular flexibility index (Phi) is 7.77. The molecule has 37 heavy (non-hydrogen) atoms. The molecular weight excluding hydrogens is 468 g/mol. The summed E-state index contributed by atoms with van der Waals surface area (Å²) in [5, 5.41) is 9.42. The van der Waals surface area contributed by atoms with Gasteiger partial charge in [-0.05, 0) is 55.8 Å². The molecule has 1 fully saturated rings. The summed E-state index contributed by atoms with van der Waals surface area (Å²) in [6, 6.07) is 21.3. The van der Waals surface area contributed by atoms with E-state index in [1.54, 1.807) is 25.3 Å². The van der Waals surface area contributed by atoms with Crippen LogP contribution in [0.1, 0.15) is 46.2 Å². The van der Waals surface area contributed by atoms with E-state index in [1.807, 2.05) is 42.5 Å². The van der Waals surface area contributed by atoms with Gasteiger partial charge >= 0.3 is 5.97 Å². The maximum atomic E-state index is 11.5. The largest absolute Gasteiger partial charge is 0.478 e. The molecule has 5 rings (SSSR count). The van der Waals surface area contributed by atoms with Gasteiger partial charge in [0.05, 0.1) is 29.7 Å². The van der Waals surface area contributed by atoms with Crippen molar-refractivity contribution in [2.45, 2.75) is 38.5 Å². The first-order valence-electron chi connectivity index (χ1n) is 12.7. The molecule has 3 heterocycles. The number of pyridine rings is 1. The van der Waals surface area contributed by atoms with Crippen molar-refractivity contribution in [2.24, 2.45) is 0 Å². The van der Waals surface area contributed by atoms with E-state index in [0.29, 0.717) is 38.1 Å². The van der Waals surface area contributed by atoms with Crippen LogP contribution in [-0.2, 0) is 24.4 Å². The van der Waals surface area contributed by atoms with Crippen molar-refractivity contribution in [1.29, 1.82) is 0 Å². The van der Waals surface area contributed by atoms with Crippen LogP contribution in [0.3, 0.4) is 0 Å². The predicted molar refractivity (Wildman–Crippen MR) is 141 cm³/mol. The quantitative estimate of drug-likeness (QED) is 0.337. The van der Waals surface area contributed by atoms with E-state index in [4.69, 9.17) is 19.4 Å². The van der Waals surface area contributed by atoms with Crippen LogP contribution in [-0.4, -0.2) is 57.3 Å². The lowest BCUT2D eigenvalue weighted by molar-refractivity contribution is 0.0697. The third-order valence-corrected chi connectivity index (χ3v) is 6.94. The summed E-state index contributed by atoms with van der Waals surface area (Å²) in [6.07, 6.45) is 2.02. The summed E-state index contributed by atoms with van der Waals surface area (Å²) in [5.41, 5.74) is 4.11. The molecule has 0 radical (unpaired) electrons. The Hall–Kier alpha value is -3.75. The number of imidazole rings is 1. The molecule has 0 atom stereocenters. The smallest absolute Gasteiger partial charge is 0.335 e. The highest BCUT2D eigenvalue weighted by Crippen LogP contribution is 2.29. The molecule has 8 heteroatoms. The second kappa shape index (κ2) is 11.5. The number of benzene rings is 2. The number of fused-ring (bicyclic) bond motifs is 1. The van der Waals surface area contributed by atoms with Gasteiger partial charge in [-0.2, -0.15) is 0 Å². The van der Waals surface area contributed by atoms with Crippen LogP contribution in [0.5, 0.6) is 5.88 Å². The first kappa shape index (κ1) is 24.9. The van der Waals surface area contributed by atoms with Crippen molar-refractivity contribution in [2.75, 3.05) is 26.8 Å². The van der Waals surface area contributed by atoms with Crippen LogP contribution in [0.4, 0.5) is 0 Å². The van der Waals surface area contributed by atoms with E-state index in [1.165, 1.54) is 0 Å². The number of nitrogens with zero attached hydrogens (tertiary/aromatic N) is 4. The summed E-state index contributed by atoms with van der Waals surface area (Å²) >= 11 is 0. The molecule has 1 aliphatic rings. The molecule has 4 aromatic rings. The predicted octanol–water partition coefficient (Wildman–Crippen LogP) is 4.73. The number of carbonyl (C=O) groups is 1. The number of methoxy groups -OCH3 is 1. The topological polar surface area (TPSA) is 89.7 Å². The number of hydrogen-bond donors (Lipinski definition) is 1. The van der Waals surface area contributed by atoms with Crippen LogP contribution < -0.4 is 4.74 Å². The van der Waals surface area contributed by atoms with Crippen LogP contribution in [0.15, 0.2) is 66.7 Å². The fourth-order valence-corrected chi connectivity index (χ4v) is 4.92. The highest BCUT2D eigenvalue weighted by Gasteiger charge is 2.24. The van der Waals surface area contributed by atoms with E-state index < -0.39 is 5.97 Å². The maximum absolute atomic E-state index is 11.5. The molecule has 0 saturated carbocycles. The van der Waals surface area contributed by atoms with Crippen molar-refractivity contribution in [3.63, 3.8) is 0 Å². The molecule has 0 aliphatic carbocycles. The molecule has 2 aromatic heterocycles. The van der Waals surface area contributed by atoms with Crippen LogP contribution in [0.2, 0.25) is 0 Å². The zero-order valence-corrected chi connectivity index (χ0v) is 21.0. The second-order valence-corrected chi connectivity index (χ2v) is 9.41.